The Bertz CT molecular complexity index is 288. The van der Waals surface area contributed by atoms with E-state index in [4.69, 9.17) is 0 Å². The normalized spacial score (nSPS) is 32.1. The molecule has 0 aromatic heterocycles. The van der Waals surface area contributed by atoms with Gasteiger partial charge in [-0.15, -0.1) is 0 Å². The van der Waals surface area contributed by atoms with Gasteiger partial charge in [0.25, 0.3) is 0 Å². The molecule has 0 aliphatic heterocycles. The van der Waals surface area contributed by atoms with Crippen LogP contribution in [0.1, 0.15) is 52.9 Å². The number of carbonyl (C=O) groups is 1. The Hall–Kier alpha value is -0.590. The zero-order chi connectivity index (χ0) is 11.1. The molecule has 0 heterocycles. The fourth-order valence-electron chi connectivity index (χ4n) is 3.45. The summed E-state index contributed by atoms with van der Waals surface area (Å²) in [5.41, 5.74) is 0.967. The summed E-state index contributed by atoms with van der Waals surface area (Å²) in [6, 6.07) is 0. The van der Waals surface area contributed by atoms with E-state index >= 15 is 0 Å². The summed E-state index contributed by atoms with van der Waals surface area (Å²) in [5.74, 6) is 0.815. The van der Waals surface area contributed by atoms with Crippen LogP contribution in [-0.4, -0.2) is 5.78 Å². The maximum atomic E-state index is 11.0. The van der Waals surface area contributed by atoms with E-state index in [-0.39, 0.29) is 5.78 Å². The monoisotopic (exact) mass is 206 g/mol. The Balaban J connectivity index is 2.19. The number of ketones is 1. The molecule has 84 valence electrons. The third-order valence-corrected chi connectivity index (χ3v) is 4.41. The molecule has 1 atom stereocenters. The van der Waals surface area contributed by atoms with Gasteiger partial charge in [0.2, 0.25) is 0 Å². The van der Waals surface area contributed by atoms with Crippen LogP contribution in [0.2, 0.25) is 0 Å². The predicted molar refractivity (Wildman–Crippen MR) is 62.6 cm³/mol. The van der Waals surface area contributed by atoms with E-state index in [0.717, 1.165) is 0 Å². The van der Waals surface area contributed by atoms with Crippen LogP contribution >= 0.6 is 0 Å². The molecule has 2 saturated carbocycles. The lowest BCUT2D eigenvalue weighted by Gasteiger charge is -2.43. The molecular weight excluding hydrogens is 184 g/mol. The summed E-state index contributed by atoms with van der Waals surface area (Å²) in [6.07, 6.45) is 10.8. The van der Waals surface area contributed by atoms with Crippen LogP contribution in [0.15, 0.2) is 12.2 Å². The molecule has 0 amide bonds. The van der Waals surface area contributed by atoms with Gasteiger partial charge < -0.3 is 0 Å². The molecular formula is C14H22O. The topological polar surface area (TPSA) is 17.1 Å². The van der Waals surface area contributed by atoms with E-state index in [1.807, 2.05) is 0 Å². The van der Waals surface area contributed by atoms with Crippen molar-refractivity contribution in [3.05, 3.63) is 12.2 Å². The van der Waals surface area contributed by atoms with Crippen LogP contribution in [0.5, 0.6) is 0 Å². The smallest absolute Gasteiger partial charge is 0.152 e. The van der Waals surface area contributed by atoms with Gasteiger partial charge >= 0.3 is 0 Å². The largest absolute Gasteiger partial charge is 0.295 e. The third kappa shape index (κ3) is 2.02. The van der Waals surface area contributed by atoms with Crippen molar-refractivity contribution >= 4 is 5.78 Å². The third-order valence-electron chi connectivity index (χ3n) is 4.41. The lowest BCUT2D eigenvalue weighted by Crippen LogP contribution is -2.34. The molecule has 0 saturated heterocycles. The standard InChI is InChI=1S/C14H22O/c1-11(15)5-6-12-13(2,3)7-4-8-14(12)9-10-14/h5-6,12H,4,7-10H2,1-3H3/b6-5+. The fourth-order valence-corrected chi connectivity index (χ4v) is 3.45. The Morgan fingerprint density at radius 1 is 1.20 bits per heavy atom. The van der Waals surface area contributed by atoms with Crippen LogP contribution in [-0.2, 0) is 4.79 Å². The lowest BCUT2D eigenvalue weighted by atomic mass is 9.61. The predicted octanol–water partition coefficient (Wildman–Crippen LogP) is 3.74. The molecule has 0 radical (unpaired) electrons. The maximum Gasteiger partial charge on any atom is 0.152 e. The van der Waals surface area contributed by atoms with Gasteiger partial charge in [0.15, 0.2) is 5.78 Å². The highest BCUT2D eigenvalue weighted by Crippen LogP contribution is 2.64. The number of carbonyl (C=O) groups excluding carboxylic acids is 1. The quantitative estimate of drug-likeness (QED) is 0.629. The van der Waals surface area contributed by atoms with E-state index in [0.29, 0.717) is 16.7 Å². The molecule has 0 aromatic carbocycles. The summed E-state index contributed by atoms with van der Waals surface area (Å²) < 4.78 is 0. The zero-order valence-electron chi connectivity index (χ0n) is 10.2. The molecule has 1 nitrogen and oxygen atoms in total. The van der Waals surface area contributed by atoms with Crippen molar-refractivity contribution in [2.45, 2.75) is 52.9 Å². The molecule has 2 aliphatic carbocycles. The van der Waals surface area contributed by atoms with Gasteiger partial charge in [-0.25, -0.2) is 0 Å². The van der Waals surface area contributed by atoms with Gasteiger partial charge in [-0.2, -0.15) is 0 Å². The molecule has 2 aliphatic rings. The summed E-state index contributed by atoms with van der Waals surface area (Å²) in [6.45, 7) is 6.37. The van der Waals surface area contributed by atoms with E-state index in [1.165, 1.54) is 32.1 Å². The molecule has 0 bridgehead atoms. The highest BCUT2D eigenvalue weighted by atomic mass is 16.1. The average Bonchev–Trinajstić information content (AvgIpc) is 2.83. The van der Waals surface area contributed by atoms with Crippen molar-refractivity contribution in [2.24, 2.45) is 16.7 Å². The second-order valence-electron chi connectivity index (χ2n) is 6.15. The van der Waals surface area contributed by atoms with Crippen molar-refractivity contribution in [1.29, 1.82) is 0 Å². The Morgan fingerprint density at radius 2 is 1.87 bits per heavy atom. The van der Waals surface area contributed by atoms with Gasteiger partial charge in [-0.1, -0.05) is 26.3 Å². The SMILES string of the molecule is CC(=O)/C=C/C1C(C)(C)CCCC12CC2. The average molecular weight is 206 g/mol. The molecule has 2 rings (SSSR count). The van der Waals surface area contributed by atoms with Crippen LogP contribution in [0, 0.1) is 16.7 Å². The number of hydrogen-bond acceptors (Lipinski definition) is 1. The highest BCUT2D eigenvalue weighted by molar-refractivity contribution is 5.87. The molecule has 0 aromatic rings. The number of hydrogen-bond donors (Lipinski definition) is 0. The summed E-state index contributed by atoms with van der Waals surface area (Å²) >= 11 is 0. The molecule has 1 spiro atoms. The van der Waals surface area contributed by atoms with Crippen LogP contribution in [0.4, 0.5) is 0 Å². The molecule has 1 heteroatoms. The molecule has 0 N–H and O–H groups in total. The van der Waals surface area contributed by atoms with Gasteiger partial charge in [0.1, 0.15) is 0 Å². The molecule has 15 heavy (non-hydrogen) atoms. The second-order valence-corrected chi connectivity index (χ2v) is 6.15. The van der Waals surface area contributed by atoms with Gasteiger partial charge in [0, 0.05) is 0 Å². The minimum Gasteiger partial charge on any atom is -0.295 e. The molecule has 2 fully saturated rings. The first-order valence-electron chi connectivity index (χ1n) is 6.15. The minimum absolute atomic E-state index is 0.187. The second kappa shape index (κ2) is 3.47. The Morgan fingerprint density at radius 3 is 2.40 bits per heavy atom. The number of rotatable bonds is 2. The van der Waals surface area contributed by atoms with Crippen molar-refractivity contribution in [1.82, 2.24) is 0 Å². The minimum atomic E-state index is 0.187. The van der Waals surface area contributed by atoms with E-state index in [9.17, 15) is 4.79 Å². The maximum absolute atomic E-state index is 11.0. The van der Waals surface area contributed by atoms with Crippen molar-refractivity contribution in [2.75, 3.05) is 0 Å². The zero-order valence-corrected chi connectivity index (χ0v) is 10.2. The van der Waals surface area contributed by atoms with Crippen LogP contribution < -0.4 is 0 Å². The van der Waals surface area contributed by atoms with Crippen molar-refractivity contribution in [3.8, 4) is 0 Å². The van der Waals surface area contributed by atoms with Gasteiger partial charge in [-0.3, -0.25) is 4.79 Å². The molecule has 1 unspecified atom stereocenters. The highest BCUT2D eigenvalue weighted by Gasteiger charge is 2.54. The number of allylic oxidation sites excluding steroid dienone is 2. The summed E-state index contributed by atoms with van der Waals surface area (Å²) in [4.78, 5) is 11.0. The first-order valence-corrected chi connectivity index (χ1v) is 6.15. The van der Waals surface area contributed by atoms with Crippen molar-refractivity contribution in [3.63, 3.8) is 0 Å². The lowest BCUT2D eigenvalue weighted by molar-refractivity contribution is -0.112. The van der Waals surface area contributed by atoms with Crippen molar-refractivity contribution < 1.29 is 4.79 Å². The first-order chi connectivity index (χ1) is 6.96. The first kappa shape index (κ1) is 10.9. The van der Waals surface area contributed by atoms with Gasteiger partial charge in [0.05, 0.1) is 0 Å². The van der Waals surface area contributed by atoms with E-state index in [1.54, 1.807) is 13.0 Å². The van der Waals surface area contributed by atoms with Crippen LogP contribution in [0.3, 0.4) is 0 Å². The Labute approximate surface area is 92.9 Å². The summed E-state index contributed by atoms with van der Waals surface area (Å²) in [5, 5.41) is 0. The fraction of sp³-hybridized carbons (Fsp3) is 0.786. The van der Waals surface area contributed by atoms with E-state index < -0.39 is 0 Å². The Kier molecular flexibility index (Phi) is 2.52. The van der Waals surface area contributed by atoms with Gasteiger partial charge in [-0.05, 0) is 55.4 Å². The van der Waals surface area contributed by atoms with E-state index in [2.05, 4.69) is 19.9 Å². The van der Waals surface area contributed by atoms with Crippen LogP contribution in [0.25, 0.3) is 0 Å². The summed E-state index contributed by atoms with van der Waals surface area (Å²) in [7, 11) is 0.